The third kappa shape index (κ3) is 3.18. The zero-order valence-electron chi connectivity index (χ0n) is 12.1. The smallest absolute Gasteiger partial charge is 0.273 e. The fraction of sp³-hybridized carbons (Fsp3) is 0. The molecule has 1 aliphatic rings. The van der Waals surface area contributed by atoms with Gasteiger partial charge in [0.15, 0.2) is 0 Å². The third-order valence-corrected chi connectivity index (χ3v) is 3.84. The maximum atomic E-state index is 12.6. The van der Waals surface area contributed by atoms with Crippen molar-refractivity contribution in [1.82, 2.24) is 5.32 Å². The minimum Gasteiger partial charge on any atom is -0.273 e. The number of hydrogen-bond donors (Lipinski definition) is 1. The number of carbonyl (C=O) groups excluding carboxylic acids is 3. The molecule has 1 aliphatic heterocycles. The van der Waals surface area contributed by atoms with Gasteiger partial charge >= 0.3 is 6.03 Å². The number of carbonyl (C=O) groups is 3. The topological polar surface area (TPSA) is 66.5 Å². The summed E-state index contributed by atoms with van der Waals surface area (Å²) < 4.78 is 0. The molecule has 2 aromatic carbocycles. The number of imide groups is 2. The first-order chi connectivity index (χ1) is 11.5. The van der Waals surface area contributed by atoms with E-state index >= 15 is 0 Å². The minimum atomic E-state index is -0.819. The summed E-state index contributed by atoms with van der Waals surface area (Å²) in [6, 6.07) is 12.0. The van der Waals surface area contributed by atoms with Crippen LogP contribution in [0.4, 0.5) is 10.5 Å². The van der Waals surface area contributed by atoms with Crippen LogP contribution in [0.15, 0.2) is 54.1 Å². The fourth-order valence-electron chi connectivity index (χ4n) is 2.23. The molecule has 1 N–H and O–H groups in total. The van der Waals surface area contributed by atoms with E-state index < -0.39 is 17.8 Å². The number of benzene rings is 2. The molecule has 2 aromatic rings. The highest BCUT2D eigenvalue weighted by molar-refractivity contribution is 6.39. The first-order valence-electron chi connectivity index (χ1n) is 6.88. The van der Waals surface area contributed by atoms with Gasteiger partial charge in [-0.25, -0.2) is 9.69 Å². The lowest BCUT2D eigenvalue weighted by atomic mass is 10.1. The van der Waals surface area contributed by atoms with E-state index in [-0.39, 0.29) is 11.3 Å². The van der Waals surface area contributed by atoms with Crippen LogP contribution >= 0.6 is 23.2 Å². The summed E-state index contributed by atoms with van der Waals surface area (Å²) in [7, 11) is 0. The molecule has 5 nitrogen and oxygen atoms in total. The van der Waals surface area contributed by atoms with Gasteiger partial charge in [-0.05, 0) is 42.0 Å². The zero-order chi connectivity index (χ0) is 17.3. The Morgan fingerprint density at radius 1 is 0.917 bits per heavy atom. The van der Waals surface area contributed by atoms with Gasteiger partial charge in [-0.1, -0.05) is 41.4 Å². The minimum absolute atomic E-state index is 0.156. The van der Waals surface area contributed by atoms with Crippen molar-refractivity contribution >= 4 is 52.8 Å². The Balaban J connectivity index is 2.01. The summed E-state index contributed by atoms with van der Waals surface area (Å²) in [6.45, 7) is 0. The molecule has 0 saturated carbocycles. The highest BCUT2D eigenvalue weighted by Crippen LogP contribution is 2.24. The first kappa shape index (κ1) is 16.2. The van der Waals surface area contributed by atoms with E-state index in [1.165, 1.54) is 12.1 Å². The van der Waals surface area contributed by atoms with Crippen molar-refractivity contribution in [2.75, 3.05) is 4.90 Å². The molecule has 1 heterocycles. The molecule has 0 spiro atoms. The molecule has 120 valence electrons. The van der Waals surface area contributed by atoms with Crippen molar-refractivity contribution in [2.24, 2.45) is 0 Å². The second-order valence-electron chi connectivity index (χ2n) is 4.99. The van der Waals surface area contributed by atoms with Crippen molar-refractivity contribution in [3.63, 3.8) is 0 Å². The molecule has 0 aromatic heterocycles. The number of rotatable bonds is 2. The molecule has 0 unspecified atom stereocenters. The van der Waals surface area contributed by atoms with Crippen LogP contribution in [0.25, 0.3) is 6.08 Å². The van der Waals surface area contributed by atoms with Gasteiger partial charge in [0.05, 0.1) is 5.69 Å². The Bertz CT molecular complexity index is 876. The van der Waals surface area contributed by atoms with E-state index in [0.29, 0.717) is 15.6 Å². The van der Waals surface area contributed by atoms with Gasteiger partial charge in [0.1, 0.15) is 5.57 Å². The van der Waals surface area contributed by atoms with Crippen LogP contribution in [-0.2, 0) is 9.59 Å². The molecule has 0 bridgehead atoms. The van der Waals surface area contributed by atoms with Crippen LogP contribution in [0, 0.1) is 0 Å². The maximum absolute atomic E-state index is 12.6. The monoisotopic (exact) mass is 360 g/mol. The number of nitrogens with zero attached hydrogens (tertiary/aromatic N) is 1. The molecule has 4 amide bonds. The Morgan fingerprint density at radius 2 is 1.62 bits per heavy atom. The number of amides is 4. The summed E-state index contributed by atoms with van der Waals surface area (Å²) >= 11 is 11.7. The van der Waals surface area contributed by atoms with Crippen LogP contribution in [0.1, 0.15) is 5.56 Å². The highest BCUT2D eigenvalue weighted by atomic mass is 35.5. The average molecular weight is 361 g/mol. The summed E-state index contributed by atoms with van der Waals surface area (Å²) in [5.74, 6) is -1.47. The van der Waals surface area contributed by atoms with Gasteiger partial charge in [-0.2, -0.15) is 0 Å². The molecule has 0 aliphatic carbocycles. The summed E-state index contributed by atoms with van der Waals surface area (Å²) in [5.41, 5.74) is 0.731. The van der Waals surface area contributed by atoms with Crippen molar-refractivity contribution in [3.05, 3.63) is 69.7 Å². The van der Waals surface area contributed by atoms with Gasteiger partial charge in [0.25, 0.3) is 11.8 Å². The average Bonchev–Trinajstić information content (AvgIpc) is 2.53. The quantitative estimate of drug-likeness (QED) is 0.656. The lowest BCUT2D eigenvalue weighted by molar-refractivity contribution is -0.122. The lowest BCUT2D eigenvalue weighted by Crippen LogP contribution is -2.54. The summed E-state index contributed by atoms with van der Waals surface area (Å²) in [6.07, 6.45) is 1.40. The fourth-order valence-corrected chi connectivity index (χ4v) is 2.54. The molecule has 0 atom stereocenters. The number of anilines is 1. The van der Waals surface area contributed by atoms with Crippen LogP contribution < -0.4 is 10.2 Å². The Morgan fingerprint density at radius 3 is 2.29 bits per heavy atom. The van der Waals surface area contributed by atoms with Crippen LogP contribution in [0.5, 0.6) is 0 Å². The second-order valence-corrected chi connectivity index (χ2v) is 5.86. The Kier molecular flexibility index (Phi) is 4.38. The van der Waals surface area contributed by atoms with E-state index in [1.54, 1.807) is 42.5 Å². The van der Waals surface area contributed by atoms with E-state index in [2.05, 4.69) is 5.32 Å². The zero-order valence-corrected chi connectivity index (χ0v) is 13.6. The Labute approximate surface area is 147 Å². The predicted molar refractivity (Wildman–Crippen MR) is 91.9 cm³/mol. The van der Waals surface area contributed by atoms with Crippen LogP contribution in [-0.4, -0.2) is 17.8 Å². The number of nitrogens with one attached hydrogen (secondary N) is 1. The molecule has 24 heavy (non-hydrogen) atoms. The summed E-state index contributed by atoms with van der Waals surface area (Å²) in [4.78, 5) is 37.6. The van der Waals surface area contributed by atoms with E-state index in [4.69, 9.17) is 23.2 Å². The van der Waals surface area contributed by atoms with Crippen LogP contribution in [0.3, 0.4) is 0 Å². The van der Waals surface area contributed by atoms with Crippen molar-refractivity contribution < 1.29 is 14.4 Å². The molecule has 3 rings (SSSR count). The van der Waals surface area contributed by atoms with Gasteiger partial charge in [-0.15, -0.1) is 0 Å². The van der Waals surface area contributed by atoms with Crippen molar-refractivity contribution in [1.29, 1.82) is 0 Å². The van der Waals surface area contributed by atoms with E-state index in [1.807, 2.05) is 0 Å². The lowest BCUT2D eigenvalue weighted by Gasteiger charge is -2.26. The predicted octanol–water partition coefficient (Wildman–Crippen LogP) is 3.66. The van der Waals surface area contributed by atoms with Gasteiger partial charge in [0.2, 0.25) is 0 Å². The second kappa shape index (κ2) is 6.47. The van der Waals surface area contributed by atoms with Crippen molar-refractivity contribution in [3.8, 4) is 0 Å². The number of hydrogen-bond acceptors (Lipinski definition) is 3. The SMILES string of the molecule is O=C1NC(=O)N(c2cccc(Cl)c2)C(=O)/C1=C/c1ccc(Cl)cc1. The standard InChI is InChI=1S/C17H10Cl2N2O3/c18-11-6-4-10(5-7-11)8-14-15(22)20-17(24)21(16(14)23)13-3-1-2-12(19)9-13/h1-9H,(H,20,22,24)/b14-8+. The van der Waals surface area contributed by atoms with Gasteiger partial charge in [0, 0.05) is 10.0 Å². The van der Waals surface area contributed by atoms with Crippen LogP contribution in [0.2, 0.25) is 10.0 Å². The van der Waals surface area contributed by atoms with Crippen molar-refractivity contribution in [2.45, 2.75) is 0 Å². The maximum Gasteiger partial charge on any atom is 0.335 e. The number of halogens is 2. The van der Waals surface area contributed by atoms with E-state index in [0.717, 1.165) is 4.90 Å². The molecule has 1 fully saturated rings. The first-order valence-corrected chi connectivity index (χ1v) is 7.64. The largest absolute Gasteiger partial charge is 0.335 e. The highest BCUT2D eigenvalue weighted by Gasteiger charge is 2.36. The van der Waals surface area contributed by atoms with E-state index in [9.17, 15) is 14.4 Å². The third-order valence-electron chi connectivity index (χ3n) is 3.35. The van der Waals surface area contributed by atoms with Gasteiger partial charge < -0.3 is 0 Å². The number of urea groups is 1. The molecular weight excluding hydrogens is 351 g/mol. The summed E-state index contributed by atoms with van der Waals surface area (Å²) in [5, 5.41) is 3.05. The Hall–Kier alpha value is -2.63. The normalized spacial score (nSPS) is 16.5. The number of barbiturate groups is 1. The molecular formula is C17H10Cl2N2O3. The molecule has 7 heteroatoms. The molecule has 0 radical (unpaired) electrons. The molecule has 1 saturated heterocycles. The van der Waals surface area contributed by atoms with Gasteiger partial charge in [-0.3, -0.25) is 14.9 Å².